The molecule has 39 heavy (non-hydrogen) atoms. The highest BCUT2D eigenvalue weighted by molar-refractivity contribution is 7.92. The van der Waals surface area contributed by atoms with Crippen LogP contribution in [0.15, 0.2) is 30.5 Å². The van der Waals surface area contributed by atoms with E-state index in [0.717, 1.165) is 29.1 Å². The second kappa shape index (κ2) is 10.4. The Morgan fingerprint density at radius 3 is 2.56 bits per heavy atom. The van der Waals surface area contributed by atoms with Gasteiger partial charge in [0.05, 0.1) is 29.0 Å². The molecule has 3 aromatic heterocycles. The monoisotopic (exact) mass is 579 g/mol. The molecule has 1 N–H and O–H groups in total. The molecule has 0 spiro atoms. The van der Waals surface area contributed by atoms with Crippen LogP contribution in [-0.4, -0.2) is 52.4 Å². The van der Waals surface area contributed by atoms with Gasteiger partial charge in [0.2, 0.25) is 10.0 Å². The maximum absolute atomic E-state index is 14.1. The molecular weight excluding hydrogens is 552 g/mol. The largest absolute Gasteiger partial charge is 0.358 e. The van der Waals surface area contributed by atoms with Crippen molar-refractivity contribution < 1.29 is 21.9 Å². The zero-order chi connectivity index (χ0) is 28.1. The summed E-state index contributed by atoms with van der Waals surface area (Å²) in [6, 6.07) is 6.66. The van der Waals surface area contributed by atoms with Gasteiger partial charge in [-0.25, -0.2) is 32.2 Å². The summed E-state index contributed by atoms with van der Waals surface area (Å²) in [6.07, 6.45) is 1.66. The van der Waals surface area contributed by atoms with Gasteiger partial charge in [0, 0.05) is 38.5 Å². The number of hydrogen-bond acceptors (Lipinski definition) is 7. The van der Waals surface area contributed by atoms with E-state index in [0.29, 0.717) is 41.5 Å². The quantitative estimate of drug-likeness (QED) is 0.285. The van der Waals surface area contributed by atoms with Gasteiger partial charge in [-0.3, -0.25) is 8.87 Å². The number of sulfonamides is 1. The normalized spacial score (nSPS) is 16.3. The van der Waals surface area contributed by atoms with Crippen LogP contribution in [0, 0.1) is 6.92 Å². The smallest absolute Gasteiger partial charge is 0.295 e. The zero-order valence-electron chi connectivity index (χ0n) is 21.8. The summed E-state index contributed by atoms with van der Waals surface area (Å²) < 4.78 is 63.4. The number of ether oxygens (including phenoxy) is 1. The van der Waals surface area contributed by atoms with Crippen molar-refractivity contribution in [3.63, 3.8) is 0 Å². The molecule has 10 nitrogen and oxygen atoms in total. The van der Waals surface area contributed by atoms with Crippen LogP contribution in [-0.2, 0) is 21.8 Å². The minimum Gasteiger partial charge on any atom is -0.358 e. The van der Waals surface area contributed by atoms with Crippen LogP contribution in [0.4, 0.5) is 25.8 Å². The average molecular weight is 580 g/mol. The molecule has 1 aromatic carbocycles. The standard InChI is InChI=1S/C25H28ClF2N7O3S/c1-14-13-33(2)23(29-14)15-8-9-16(18(11-15)34(3)39(4,36)37)30-17-12-19(26)31-24-21(17)32-25(22(27)28)35(24)20-7-5-6-10-38-20/h8-9,11-13,20,22H,5-7,10H2,1-4H3,(H,30,31). The predicted octanol–water partition coefficient (Wildman–Crippen LogP) is 5.57. The lowest BCUT2D eigenvalue weighted by molar-refractivity contribution is -0.0363. The first-order chi connectivity index (χ1) is 18.4. The third-order valence-corrected chi connectivity index (χ3v) is 8.03. The van der Waals surface area contributed by atoms with Crippen molar-refractivity contribution in [2.45, 2.75) is 38.8 Å². The highest BCUT2D eigenvalue weighted by Gasteiger charge is 2.29. The van der Waals surface area contributed by atoms with Crippen LogP contribution < -0.4 is 9.62 Å². The van der Waals surface area contributed by atoms with Gasteiger partial charge in [-0.1, -0.05) is 11.6 Å². The number of alkyl halides is 2. The second-order valence-electron chi connectivity index (χ2n) is 9.53. The molecular formula is C25H28ClF2N7O3S. The van der Waals surface area contributed by atoms with Crippen molar-refractivity contribution in [1.82, 2.24) is 24.1 Å². The zero-order valence-corrected chi connectivity index (χ0v) is 23.4. The van der Waals surface area contributed by atoms with Gasteiger partial charge in [0.1, 0.15) is 22.7 Å². The van der Waals surface area contributed by atoms with Crippen LogP contribution in [0.5, 0.6) is 0 Å². The SMILES string of the molecule is Cc1cn(C)c(-c2ccc(Nc3cc(Cl)nc4c3nc(C(F)F)n4C3CCCCO3)c(N(C)S(C)(=O)=O)c2)n1. The summed E-state index contributed by atoms with van der Waals surface area (Å²) in [6.45, 7) is 2.31. The van der Waals surface area contributed by atoms with Crippen LogP contribution in [0.1, 0.15) is 43.4 Å². The molecule has 4 heterocycles. The molecule has 0 bridgehead atoms. The van der Waals surface area contributed by atoms with Gasteiger partial charge < -0.3 is 14.6 Å². The summed E-state index contributed by atoms with van der Waals surface area (Å²) in [7, 11) is -0.377. The van der Waals surface area contributed by atoms with E-state index in [9.17, 15) is 17.2 Å². The number of pyridine rings is 1. The van der Waals surface area contributed by atoms with E-state index >= 15 is 0 Å². The average Bonchev–Trinajstić information content (AvgIpc) is 3.43. The fraction of sp³-hybridized carbons (Fsp3) is 0.400. The van der Waals surface area contributed by atoms with Gasteiger partial charge in [-0.05, 0) is 44.4 Å². The minimum absolute atomic E-state index is 0.0564. The lowest BCUT2D eigenvalue weighted by atomic mass is 10.1. The molecule has 4 aromatic rings. The Hall–Kier alpha value is -3.29. The molecule has 0 aliphatic carbocycles. The highest BCUT2D eigenvalue weighted by atomic mass is 35.5. The minimum atomic E-state index is -3.66. The summed E-state index contributed by atoms with van der Waals surface area (Å²) in [5.74, 6) is 0.188. The van der Waals surface area contributed by atoms with E-state index in [1.54, 1.807) is 18.2 Å². The van der Waals surface area contributed by atoms with E-state index in [2.05, 4.69) is 20.3 Å². The van der Waals surface area contributed by atoms with Crippen LogP contribution in [0.3, 0.4) is 0 Å². The highest BCUT2D eigenvalue weighted by Crippen LogP contribution is 2.39. The summed E-state index contributed by atoms with van der Waals surface area (Å²) in [5, 5.41) is 3.23. The number of benzene rings is 1. The molecule has 0 radical (unpaired) electrons. The van der Waals surface area contributed by atoms with E-state index in [1.807, 2.05) is 24.7 Å². The second-order valence-corrected chi connectivity index (χ2v) is 11.9. The van der Waals surface area contributed by atoms with Gasteiger partial charge in [-0.2, -0.15) is 0 Å². The van der Waals surface area contributed by atoms with E-state index < -0.39 is 28.5 Å². The van der Waals surface area contributed by atoms with E-state index in [1.165, 1.54) is 17.7 Å². The lowest BCUT2D eigenvalue weighted by Gasteiger charge is -2.25. The number of aromatic nitrogens is 5. The number of hydrogen-bond donors (Lipinski definition) is 1. The molecule has 1 saturated heterocycles. The molecule has 1 atom stereocenters. The first-order valence-electron chi connectivity index (χ1n) is 12.3. The fourth-order valence-electron chi connectivity index (χ4n) is 4.75. The molecule has 0 saturated carbocycles. The Kier molecular flexibility index (Phi) is 7.25. The summed E-state index contributed by atoms with van der Waals surface area (Å²) in [4.78, 5) is 13.1. The maximum atomic E-state index is 14.1. The third kappa shape index (κ3) is 5.30. The van der Waals surface area contributed by atoms with Crippen LogP contribution in [0.25, 0.3) is 22.6 Å². The van der Waals surface area contributed by atoms with Crippen molar-refractivity contribution in [2.24, 2.45) is 7.05 Å². The van der Waals surface area contributed by atoms with Crippen molar-refractivity contribution in [2.75, 3.05) is 29.5 Å². The number of anilines is 3. The third-order valence-electron chi connectivity index (χ3n) is 6.64. The maximum Gasteiger partial charge on any atom is 0.295 e. The first kappa shape index (κ1) is 27.3. The Bertz CT molecular complexity index is 1650. The molecule has 0 amide bonds. The number of nitrogens with zero attached hydrogens (tertiary/aromatic N) is 6. The Balaban J connectivity index is 1.65. The molecule has 208 valence electrons. The van der Waals surface area contributed by atoms with Crippen molar-refractivity contribution in [3.05, 3.63) is 47.1 Å². The Morgan fingerprint density at radius 1 is 1.18 bits per heavy atom. The number of nitrogens with one attached hydrogen (secondary N) is 1. The number of halogens is 3. The van der Waals surface area contributed by atoms with Gasteiger partial charge >= 0.3 is 0 Å². The number of imidazole rings is 2. The fourth-order valence-corrected chi connectivity index (χ4v) is 5.45. The number of rotatable bonds is 7. The van der Waals surface area contributed by atoms with Gasteiger partial charge in [-0.15, -0.1) is 0 Å². The number of aryl methyl sites for hydroxylation is 2. The van der Waals surface area contributed by atoms with E-state index in [4.69, 9.17) is 16.3 Å². The topological polar surface area (TPSA) is 107 Å². The van der Waals surface area contributed by atoms with Gasteiger partial charge in [0.15, 0.2) is 11.5 Å². The van der Waals surface area contributed by atoms with Gasteiger partial charge in [0.25, 0.3) is 6.43 Å². The van der Waals surface area contributed by atoms with Crippen molar-refractivity contribution >= 4 is 49.9 Å². The van der Waals surface area contributed by atoms with Crippen molar-refractivity contribution in [3.8, 4) is 11.4 Å². The molecule has 1 fully saturated rings. The molecule has 1 aliphatic heterocycles. The van der Waals surface area contributed by atoms with Crippen LogP contribution >= 0.6 is 11.6 Å². The molecule has 1 aliphatic rings. The van der Waals surface area contributed by atoms with Crippen molar-refractivity contribution in [1.29, 1.82) is 0 Å². The number of fused-ring (bicyclic) bond motifs is 1. The summed E-state index contributed by atoms with van der Waals surface area (Å²) >= 11 is 6.35. The predicted molar refractivity (Wildman–Crippen MR) is 146 cm³/mol. The van der Waals surface area contributed by atoms with E-state index in [-0.39, 0.29) is 16.3 Å². The molecule has 14 heteroatoms. The first-order valence-corrected chi connectivity index (χ1v) is 14.5. The lowest BCUT2D eigenvalue weighted by Crippen LogP contribution is -2.25. The molecule has 5 rings (SSSR count). The Labute approximate surface area is 229 Å². The summed E-state index contributed by atoms with van der Waals surface area (Å²) in [5.41, 5.74) is 2.84. The molecule has 1 unspecified atom stereocenters. The van der Waals surface area contributed by atoms with Crippen LogP contribution in [0.2, 0.25) is 5.15 Å². The Morgan fingerprint density at radius 2 is 1.95 bits per heavy atom.